The first-order valence-electron chi connectivity index (χ1n) is 8.06. The summed E-state index contributed by atoms with van der Waals surface area (Å²) in [5.41, 5.74) is 1.36. The third-order valence-electron chi connectivity index (χ3n) is 4.70. The molecule has 2 aromatic rings. The molecular weight excluding hydrogens is 322 g/mol. The Morgan fingerprint density at radius 2 is 1.88 bits per heavy atom. The zero-order chi connectivity index (χ0) is 17.2. The summed E-state index contributed by atoms with van der Waals surface area (Å²) in [7, 11) is 1.80. The number of hydrogen-bond donors (Lipinski definition) is 2. The van der Waals surface area contributed by atoms with E-state index in [1.165, 1.54) is 0 Å². The van der Waals surface area contributed by atoms with Gasteiger partial charge in [-0.3, -0.25) is 4.79 Å². The van der Waals surface area contributed by atoms with Crippen molar-refractivity contribution in [2.24, 2.45) is 0 Å². The van der Waals surface area contributed by atoms with Gasteiger partial charge in [-0.1, -0.05) is 48.0 Å². The molecule has 1 fully saturated rings. The van der Waals surface area contributed by atoms with Crippen LogP contribution in [0.5, 0.6) is 5.75 Å². The van der Waals surface area contributed by atoms with Crippen molar-refractivity contribution < 1.29 is 9.90 Å². The fourth-order valence-electron chi connectivity index (χ4n) is 3.42. The van der Waals surface area contributed by atoms with Crippen LogP contribution < -0.4 is 5.32 Å². The van der Waals surface area contributed by atoms with Gasteiger partial charge in [-0.25, -0.2) is 0 Å². The topological polar surface area (TPSA) is 49.3 Å². The number of likely N-dealkylation sites (N-methyl/N-ethyl adjacent to an activating group) is 1. The fourth-order valence-corrected chi connectivity index (χ4v) is 3.71. The minimum Gasteiger partial charge on any atom is -0.507 e. The molecule has 1 aliphatic carbocycles. The van der Waals surface area contributed by atoms with Gasteiger partial charge in [0.05, 0.1) is 0 Å². The van der Waals surface area contributed by atoms with Gasteiger partial charge in [0.1, 0.15) is 11.3 Å². The van der Waals surface area contributed by atoms with Crippen LogP contribution in [-0.2, 0) is 10.3 Å². The van der Waals surface area contributed by atoms with E-state index >= 15 is 0 Å². The van der Waals surface area contributed by atoms with Crippen molar-refractivity contribution in [1.29, 1.82) is 0 Å². The SMILES string of the molecule is CNC1(c2ccccc2Cl)CCC/C(=C\c2ccccc2O)C1=O. The Morgan fingerprint density at radius 1 is 1.17 bits per heavy atom. The average Bonchev–Trinajstić information content (AvgIpc) is 2.60. The molecule has 1 atom stereocenters. The summed E-state index contributed by atoms with van der Waals surface area (Å²) < 4.78 is 0. The highest BCUT2D eigenvalue weighted by atomic mass is 35.5. The van der Waals surface area contributed by atoms with Crippen LogP contribution in [0.1, 0.15) is 30.4 Å². The number of rotatable bonds is 3. The van der Waals surface area contributed by atoms with E-state index in [0.717, 1.165) is 12.0 Å². The summed E-state index contributed by atoms with van der Waals surface area (Å²) in [5.74, 6) is 0.198. The predicted octanol–water partition coefficient (Wildman–Crippen LogP) is 4.30. The Labute approximate surface area is 147 Å². The van der Waals surface area contributed by atoms with E-state index in [1.807, 2.05) is 30.3 Å². The van der Waals surface area contributed by atoms with Crippen molar-refractivity contribution in [2.75, 3.05) is 7.05 Å². The molecule has 0 amide bonds. The highest BCUT2D eigenvalue weighted by molar-refractivity contribution is 6.32. The van der Waals surface area contributed by atoms with Crippen LogP contribution >= 0.6 is 11.6 Å². The molecule has 0 aliphatic heterocycles. The number of ketones is 1. The van der Waals surface area contributed by atoms with Gasteiger partial charge in [-0.05, 0) is 55.7 Å². The molecule has 2 N–H and O–H groups in total. The van der Waals surface area contributed by atoms with Gasteiger partial charge in [0, 0.05) is 10.6 Å². The van der Waals surface area contributed by atoms with E-state index in [2.05, 4.69) is 5.32 Å². The van der Waals surface area contributed by atoms with Crippen LogP contribution in [-0.4, -0.2) is 17.9 Å². The van der Waals surface area contributed by atoms with Gasteiger partial charge in [0.15, 0.2) is 5.78 Å². The van der Waals surface area contributed by atoms with E-state index in [4.69, 9.17) is 11.6 Å². The van der Waals surface area contributed by atoms with E-state index in [0.29, 0.717) is 29.0 Å². The minimum atomic E-state index is -0.813. The monoisotopic (exact) mass is 341 g/mol. The van der Waals surface area contributed by atoms with Crippen molar-refractivity contribution >= 4 is 23.5 Å². The molecule has 0 aromatic heterocycles. The zero-order valence-electron chi connectivity index (χ0n) is 13.6. The van der Waals surface area contributed by atoms with Crippen LogP contribution in [0.3, 0.4) is 0 Å². The molecule has 0 spiro atoms. The molecular formula is C20H20ClNO2. The molecule has 0 saturated heterocycles. The average molecular weight is 342 g/mol. The van der Waals surface area contributed by atoms with Crippen molar-refractivity contribution in [2.45, 2.75) is 24.8 Å². The molecule has 1 unspecified atom stereocenters. The van der Waals surface area contributed by atoms with Crippen LogP contribution in [0.25, 0.3) is 6.08 Å². The maximum atomic E-state index is 13.3. The Morgan fingerprint density at radius 3 is 2.58 bits per heavy atom. The number of phenolic OH excluding ortho intramolecular Hbond substituents is 1. The van der Waals surface area contributed by atoms with Crippen LogP contribution in [0, 0.1) is 0 Å². The van der Waals surface area contributed by atoms with Crippen molar-refractivity contribution in [1.82, 2.24) is 5.32 Å². The first-order valence-corrected chi connectivity index (χ1v) is 8.43. The van der Waals surface area contributed by atoms with Crippen molar-refractivity contribution in [3.63, 3.8) is 0 Å². The van der Waals surface area contributed by atoms with Gasteiger partial charge in [0.2, 0.25) is 0 Å². The zero-order valence-corrected chi connectivity index (χ0v) is 14.3. The number of phenols is 1. The molecule has 3 nitrogen and oxygen atoms in total. The number of carbonyl (C=O) groups excluding carboxylic acids is 1. The molecule has 2 aromatic carbocycles. The molecule has 0 bridgehead atoms. The lowest BCUT2D eigenvalue weighted by atomic mass is 9.73. The highest BCUT2D eigenvalue weighted by Gasteiger charge is 2.43. The molecule has 1 aliphatic rings. The summed E-state index contributed by atoms with van der Waals surface area (Å²) in [6.45, 7) is 0. The number of hydrogen-bond acceptors (Lipinski definition) is 3. The molecule has 0 radical (unpaired) electrons. The molecule has 4 heteroatoms. The highest BCUT2D eigenvalue weighted by Crippen LogP contribution is 2.40. The van der Waals surface area contributed by atoms with E-state index in [-0.39, 0.29) is 11.5 Å². The molecule has 124 valence electrons. The molecule has 24 heavy (non-hydrogen) atoms. The van der Waals surface area contributed by atoms with Crippen LogP contribution in [0.2, 0.25) is 5.02 Å². The Bertz CT molecular complexity index is 800. The number of aromatic hydroxyl groups is 1. The summed E-state index contributed by atoms with van der Waals surface area (Å²) >= 11 is 6.37. The summed E-state index contributed by atoms with van der Waals surface area (Å²) in [6, 6.07) is 14.5. The van der Waals surface area contributed by atoms with Crippen LogP contribution in [0.15, 0.2) is 54.1 Å². The summed E-state index contributed by atoms with van der Waals surface area (Å²) in [4.78, 5) is 13.3. The summed E-state index contributed by atoms with van der Waals surface area (Å²) in [5, 5.41) is 13.8. The van der Waals surface area contributed by atoms with Gasteiger partial charge < -0.3 is 10.4 Å². The standard InChI is InChI=1S/C20H20ClNO2/c1-22-20(16-9-3-4-10-17(16)21)12-6-8-15(19(20)24)13-14-7-2-5-11-18(14)23/h2-5,7,9-11,13,22-23H,6,8,12H2,1H3/b15-13+. The Hall–Kier alpha value is -2.10. The van der Waals surface area contributed by atoms with Crippen LogP contribution in [0.4, 0.5) is 0 Å². The fraction of sp³-hybridized carbons (Fsp3) is 0.250. The number of Topliss-reactive ketones (excluding diaryl/α,β-unsaturated/α-hetero) is 1. The van der Waals surface area contributed by atoms with E-state index in [9.17, 15) is 9.90 Å². The van der Waals surface area contributed by atoms with Crippen molar-refractivity contribution in [3.8, 4) is 5.75 Å². The number of para-hydroxylation sites is 1. The molecule has 1 saturated carbocycles. The Kier molecular flexibility index (Phi) is 4.74. The smallest absolute Gasteiger partial charge is 0.183 e. The maximum Gasteiger partial charge on any atom is 0.183 e. The molecule has 3 rings (SSSR count). The lowest BCUT2D eigenvalue weighted by molar-refractivity contribution is -0.123. The van der Waals surface area contributed by atoms with Gasteiger partial charge in [0.25, 0.3) is 0 Å². The second-order valence-corrected chi connectivity index (χ2v) is 6.45. The predicted molar refractivity (Wildman–Crippen MR) is 97.1 cm³/mol. The van der Waals surface area contributed by atoms with E-state index in [1.54, 1.807) is 31.3 Å². The number of benzene rings is 2. The molecule has 0 heterocycles. The Balaban J connectivity index is 2.06. The summed E-state index contributed by atoms with van der Waals surface area (Å²) in [6.07, 6.45) is 4.06. The van der Waals surface area contributed by atoms with Crippen molar-refractivity contribution in [3.05, 3.63) is 70.3 Å². The third kappa shape index (κ3) is 2.85. The van der Waals surface area contributed by atoms with E-state index < -0.39 is 5.54 Å². The first kappa shape index (κ1) is 16.7. The third-order valence-corrected chi connectivity index (χ3v) is 5.03. The first-order chi connectivity index (χ1) is 11.6. The maximum absolute atomic E-state index is 13.3. The minimum absolute atomic E-state index is 0.0209. The second kappa shape index (κ2) is 6.80. The number of nitrogens with one attached hydrogen (secondary N) is 1. The lowest BCUT2D eigenvalue weighted by Gasteiger charge is -2.37. The van der Waals surface area contributed by atoms with Gasteiger partial charge in [-0.2, -0.15) is 0 Å². The lowest BCUT2D eigenvalue weighted by Crippen LogP contribution is -2.50. The second-order valence-electron chi connectivity index (χ2n) is 6.05. The number of halogens is 1. The largest absolute Gasteiger partial charge is 0.507 e. The van der Waals surface area contributed by atoms with Gasteiger partial charge in [-0.15, -0.1) is 0 Å². The quantitative estimate of drug-likeness (QED) is 0.818. The van der Waals surface area contributed by atoms with Gasteiger partial charge >= 0.3 is 0 Å². The normalized spacial score (nSPS) is 22.8. The number of carbonyl (C=O) groups is 1.